The zero-order valence-corrected chi connectivity index (χ0v) is 43.7. The van der Waals surface area contributed by atoms with Crippen LogP contribution in [-0.4, -0.2) is 185 Å². The van der Waals surface area contributed by atoms with Gasteiger partial charge in [-0.15, -0.1) is 0 Å². The number of fused-ring (bicyclic) bond motifs is 2. The van der Waals surface area contributed by atoms with E-state index in [1.165, 1.54) is 37.6 Å². The zero-order chi connectivity index (χ0) is 55.7. The van der Waals surface area contributed by atoms with Gasteiger partial charge in [-0.2, -0.15) is 0 Å². The Labute approximate surface area is 438 Å². The molecule has 0 aliphatic carbocycles. The molecule has 3 saturated heterocycles. The molecule has 0 bridgehead atoms. The van der Waals surface area contributed by atoms with Gasteiger partial charge in [-0.25, -0.2) is 0 Å². The molecule has 23 heteroatoms. The Bertz CT molecular complexity index is 2150. The lowest BCUT2D eigenvalue weighted by molar-refractivity contribution is -0.147. The third kappa shape index (κ3) is 18.2. The number of aliphatic hydroxyl groups excluding tert-OH is 6. The Morgan fingerprint density at radius 1 is 0.800 bits per heavy atom. The smallest absolute Gasteiger partial charge is 0.248 e. The van der Waals surface area contributed by atoms with Crippen molar-refractivity contribution in [1.82, 2.24) is 36.4 Å². The number of rotatable bonds is 21. The summed E-state index contributed by atoms with van der Waals surface area (Å²) in [6.45, 7) is 10.1. The van der Waals surface area contributed by atoms with E-state index in [2.05, 4.69) is 53.9 Å². The Morgan fingerprint density at radius 3 is 2.09 bits per heavy atom. The molecule has 14 N–H and O–H groups in total. The number of aliphatic hydroxyl groups is 6. The Kier molecular flexibility index (Phi) is 24.4. The maximum atomic E-state index is 14.4. The van der Waals surface area contributed by atoms with Crippen LogP contribution in [0.3, 0.4) is 0 Å². The molecule has 0 aromatic heterocycles. The van der Waals surface area contributed by atoms with Crippen LogP contribution in [0, 0.1) is 11.8 Å². The number of carbonyl (C=O) groups excluding carboxylic acids is 8. The van der Waals surface area contributed by atoms with Crippen molar-refractivity contribution in [2.75, 3.05) is 19.6 Å². The van der Waals surface area contributed by atoms with Crippen molar-refractivity contribution in [3.05, 3.63) is 35.9 Å². The van der Waals surface area contributed by atoms with E-state index < -0.39 is 159 Å². The molecule has 8 amide bonds. The zero-order valence-electron chi connectivity index (χ0n) is 43.7. The highest BCUT2D eigenvalue weighted by molar-refractivity contribution is 5.98. The van der Waals surface area contributed by atoms with Gasteiger partial charge in [-0.3, -0.25) is 38.4 Å². The summed E-state index contributed by atoms with van der Waals surface area (Å²) in [6.07, 6.45) is -2.57. The number of hydrogen-bond acceptors (Lipinski definition) is 15. The highest BCUT2D eigenvalue weighted by Gasteiger charge is 2.48. The number of β-amino-alcohol motifs (C(OH)–C–C–N with tert-alkyl or cyclic N) is 1. The highest BCUT2D eigenvalue weighted by atomic mass is 16.3. The number of nitrogens with two attached hydrogens (primary N) is 1. The molecule has 2 unspecified atom stereocenters. The van der Waals surface area contributed by atoms with Crippen LogP contribution in [0.4, 0.5) is 0 Å². The lowest BCUT2D eigenvalue weighted by Crippen LogP contribution is -2.64. The molecule has 4 rings (SSSR count). The van der Waals surface area contributed by atoms with E-state index >= 15 is 0 Å². The summed E-state index contributed by atoms with van der Waals surface area (Å²) in [6, 6.07) is -6.78. The summed E-state index contributed by atoms with van der Waals surface area (Å²) in [5.41, 5.74) is 5.92. The third-order valence-corrected chi connectivity index (χ3v) is 14.4. The number of nitrogens with one attached hydrogen (secondary N) is 5. The van der Waals surface area contributed by atoms with Crippen molar-refractivity contribution < 1.29 is 74.1 Å². The van der Waals surface area contributed by atoms with Gasteiger partial charge in [-0.05, 0) is 55.7 Å². The van der Waals surface area contributed by atoms with E-state index in [1.807, 2.05) is 0 Å². The van der Waals surface area contributed by atoms with Gasteiger partial charge in [0.15, 0.2) is 0 Å². The van der Waals surface area contributed by atoms with Crippen molar-refractivity contribution in [3.8, 4) is 5.75 Å². The molecule has 23 nitrogen and oxygen atoms in total. The van der Waals surface area contributed by atoms with Crippen LogP contribution in [0.2, 0.25) is 0 Å². The Balaban J connectivity index is 1.67. The SMILES string of the molecule is C=Cc1cc(C[C@H](O)[C@@H]2NC(=O)[C@@H]3C[C@@H](O)CN3C(=O)[C@H]([C@@H](C)O)NC(=O)[C@H](NC(=O)CCCCCCCCC(C)CC(C)CC)C[C@@H](O)CNC(=O)[C@@H]3[C@@H](O)CCN3C(=O)[C@H]([C@@H](O)CC(N)=O)NC2=O)ccc1O. The lowest BCUT2D eigenvalue weighted by Gasteiger charge is -2.33. The molecular formula is C52H82N8O15. The number of unbranched alkanes of at least 4 members (excludes halogenated alkanes) is 5. The standard InChI is InChI=1S/C52H82N8O15/c1-6-28(3)20-29(4)14-12-10-8-9-11-13-15-42(69)55-35-23-33(62)26-54-50(73)46-38(65)18-19-59(46)52(75)45(40(67)25-41(53)68)58-49(72)44(39(66)22-31-16-17-37(64)32(7-2)21-31)57-48(71)36-24-34(63)27-60(36)51(74)43(30(5)61)56-47(35)70/h7,16-17,21,28-30,33-36,38-40,43-46,61-67H,2,6,8-15,18-20,22-27H2,1,3-5H3,(H2,53,68)(H,54,73)(H,55,69)(H,56,70)(H,57,71)(H,58,72)/t28?,29?,30-,33-,34-,35-,36+,38+,39+,40+,43+,44+,45+,46+/m1/s1. The van der Waals surface area contributed by atoms with Gasteiger partial charge in [0.05, 0.1) is 43.0 Å². The highest BCUT2D eigenvalue weighted by Crippen LogP contribution is 2.26. The maximum Gasteiger partial charge on any atom is 0.248 e. The molecule has 0 saturated carbocycles. The second-order valence-electron chi connectivity index (χ2n) is 20.8. The number of aromatic hydroxyl groups is 1. The van der Waals surface area contributed by atoms with Crippen LogP contribution in [0.1, 0.15) is 129 Å². The molecule has 0 spiro atoms. The molecule has 0 radical (unpaired) electrons. The van der Waals surface area contributed by atoms with Crippen LogP contribution in [0.15, 0.2) is 24.8 Å². The monoisotopic (exact) mass is 1060 g/mol. The summed E-state index contributed by atoms with van der Waals surface area (Å²) < 4.78 is 0. The second-order valence-corrected chi connectivity index (χ2v) is 20.8. The van der Waals surface area contributed by atoms with Crippen LogP contribution < -0.4 is 32.3 Å². The topological polar surface area (TPSA) is 371 Å². The first-order chi connectivity index (χ1) is 35.4. The van der Waals surface area contributed by atoms with Crippen LogP contribution >= 0.6 is 0 Å². The number of primary amides is 1. The second kappa shape index (κ2) is 29.5. The third-order valence-electron chi connectivity index (χ3n) is 14.4. The summed E-state index contributed by atoms with van der Waals surface area (Å²) >= 11 is 0. The number of phenols is 1. The summed E-state index contributed by atoms with van der Waals surface area (Å²) in [5, 5.41) is 89.4. The van der Waals surface area contributed by atoms with E-state index in [-0.39, 0.29) is 30.7 Å². The van der Waals surface area contributed by atoms with Crippen LogP contribution in [0.25, 0.3) is 6.08 Å². The van der Waals surface area contributed by atoms with E-state index in [4.69, 9.17) is 5.73 Å². The predicted octanol–water partition coefficient (Wildman–Crippen LogP) is -1.51. The van der Waals surface area contributed by atoms with E-state index in [1.54, 1.807) is 0 Å². The number of amides is 8. The minimum Gasteiger partial charge on any atom is -0.507 e. The Morgan fingerprint density at radius 2 is 1.44 bits per heavy atom. The molecule has 420 valence electrons. The van der Waals surface area contributed by atoms with Gasteiger partial charge < -0.3 is 77.9 Å². The van der Waals surface area contributed by atoms with E-state index in [0.29, 0.717) is 23.8 Å². The maximum absolute atomic E-state index is 14.4. The molecule has 3 aliphatic rings. The fraction of sp³-hybridized carbons (Fsp3) is 0.692. The molecule has 1 aromatic rings. The van der Waals surface area contributed by atoms with Crippen molar-refractivity contribution in [2.45, 2.75) is 197 Å². The molecule has 1 aromatic carbocycles. The summed E-state index contributed by atoms with van der Waals surface area (Å²) in [4.78, 5) is 113. The Hall–Kier alpha value is -5.72. The van der Waals surface area contributed by atoms with E-state index in [0.717, 1.165) is 54.7 Å². The summed E-state index contributed by atoms with van der Waals surface area (Å²) in [5.74, 6) is -7.31. The normalized spacial score (nSPS) is 27.5. The first-order valence-electron chi connectivity index (χ1n) is 26.4. The quantitative estimate of drug-likeness (QED) is 0.0623. The van der Waals surface area contributed by atoms with Gasteiger partial charge in [-0.1, -0.05) is 84.4 Å². The molecule has 14 atom stereocenters. The van der Waals surface area contributed by atoms with Crippen molar-refractivity contribution in [1.29, 1.82) is 0 Å². The van der Waals surface area contributed by atoms with Gasteiger partial charge >= 0.3 is 0 Å². The number of nitrogens with zero attached hydrogens (tertiary/aromatic N) is 2. The van der Waals surface area contributed by atoms with Crippen molar-refractivity contribution >= 4 is 53.3 Å². The van der Waals surface area contributed by atoms with Gasteiger partial charge in [0.1, 0.15) is 42.0 Å². The van der Waals surface area contributed by atoms with Gasteiger partial charge in [0.25, 0.3) is 0 Å². The predicted molar refractivity (Wildman–Crippen MR) is 273 cm³/mol. The van der Waals surface area contributed by atoms with Gasteiger partial charge in [0.2, 0.25) is 47.3 Å². The van der Waals surface area contributed by atoms with E-state index in [9.17, 15) is 74.1 Å². The van der Waals surface area contributed by atoms with Crippen molar-refractivity contribution in [3.63, 3.8) is 0 Å². The first kappa shape index (κ1) is 61.8. The average molecular weight is 1060 g/mol. The van der Waals surface area contributed by atoms with Gasteiger partial charge in [0, 0.05) is 50.9 Å². The minimum atomic E-state index is -2.12. The first-order valence-corrected chi connectivity index (χ1v) is 26.4. The number of phenolic OH excluding ortho intramolecular Hbond substituents is 1. The van der Waals surface area contributed by atoms with Crippen LogP contribution in [0.5, 0.6) is 5.75 Å². The minimum absolute atomic E-state index is 0.000185. The largest absolute Gasteiger partial charge is 0.507 e. The molecule has 3 fully saturated rings. The average Bonchev–Trinajstić information content (AvgIpc) is 3.95. The fourth-order valence-corrected chi connectivity index (χ4v) is 10.0. The number of hydrogen-bond donors (Lipinski definition) is 13. The number of benzene rings is 1. The van der Waals surface area contributed by atoms with Crippen LogP contribution in [-0.2, 0) is 44.8 Å². The molecular weight excluding hydrogens is 977 g/mol. The molecule has 3 aliphatic heterocycles. The molecule has 75 heavy (non-hydrogen) atoms. The fourth-order valence-electron chi connectivity index (χ4n) is 10.0. The number of carbonyl (C=O) groups is 8. The molecule has 3 heterocycles. The summed E-state index contributed by atoms with van der Waals surface area (Å²) in [7, 11) is 0. The lowest BCUT2D eigenvalue weighted by atomic mass is 9.91. The van der Waals surface area contributed by atoms with Crippen molar-refractivity contribution in [2.24, 2.45) is 17.6 Å².